The van der Waals surface area contributed by atoms with Gasteiger partial charge in [0.25, 0.3) is 0 Å². The Bertz CT molecular complexity index is 664. The second-order valence-corrected chi connectivity index (χ2v) is 6.35. The maximum Gasteiger partial charge on any atom is 0.343 e. The third-order valence-corrected chi connectivity index (χ3v) is 4.14. The first-order valence-electron chi connectivity index (χ1n) is 7.79. The van der Waals surface area contributed by atoms with E-state index in [9.17, 15) is 23.5 Å². The fourth-order valence-corrected chi connectivity index (χ4v) is 2.51. The van der Waals surface area contributed by atoms with Crippen molar-refractivity contribution in [1.29, 1.82) is 0 Å². The summed E-state index contributed by atoms with van der Waals surface area (Å²) in [5, 5.41) is 12.1. The van der Waals surface area contributed by atoms with Gasteiger partial charge in [-0.2, -0.15) is 0 Å². The minimum Gasteiger partial charge on any atom is -0.462 e. The number of carbonyl (C=O) groups is 2. The SMILES string of the molecule is CCCC(CO)NC=C(C(=O)OCC)C(=O)c1cc(I)c(F)cc1F. The molecule has 0 radical (unpaired) electrons. The van der Waals surface area contributed by atoms with Gasteiger partial charge in [-0.25, -0.2) is 13.6 Å². The van der Waals surface area contributed by atoms with E-state index < -0.39 is 34.5 Å². The minimum atomic E-state index is -1.06. The van der Waals surface area contributed by atoms with Crippen LogP contribution < -0.4 is 5.32 Å². The molecule has 1 aromatic carbocycles. The van der Waals surface area contributed by atoms with Gasteiger partial charge in [0.2, 0.25) is 5.78 Å². The Morgan fingerprint density at radius 3 is 2.56 bits per heavy atom. The lowest BCUT2D eigenvalue weighted by Crippen LogP contribution is -2.30. The van der Waals surface area contributed by atoms with Crippen LogP contribution in [-0.2, 0) is 9.53 Å². The highest BCUT2D eigenvalue weighted by atomic mass is 127. The molecule has 138 valence electrons. The molecule has 0 fully saturated rings. The van der Waals surface area contributed by atoms with E-state index in [2.05, 4.69) is 5.32 Å². The summed E-state index contributed by atoms with van der Waals surface area (Å²) in [5.74, 6) is -3.70. The number of ketones is 1. The highest BCUT2D eigenvalue weighted by Crippen LogP contribution is 2.20. The second kappa shape index (κ2) is 10.4. The lowest BCUT2D eigenvalue weighted by atomic mass is 10.0. The van der Waals surface area contributed by atoms with Gasteiger partial charge in [-0.3, -0.25) is 4.79 Å². The zero-order valence-corrected chi connectivity index (χ0v) is 16.1. The molecule has 8 heteroatoms. The summed E-state index contributed by atoms with van der Waals surface area (Å²) in [6.07, 6.45) is 2.51. The van der Waals surface area contributed by atoms with Gasteiger partial charge < -0.3 is 15.2 Å². The van der Waals surface area contributed by atoms with Crippen LogP contribution >= 0.6 is 22.6 Å². The van der Waals surface area contributed by atoms with E-state index in [4.69, 9.17) is 4.74 Å². The molecule has 5 nitrogen and oxygen atoms in total. The highest BCUT2D eigenvalue weighted by molar-refractivity contribution is 14.1. The molecule has 0 amide bonds. The number of halogens is 3. The normalized spacial score (nSPS) is 12.6. The molecule has 1 aromatic rings. The van der Waals surface area contributed by atoms with Crippen LogP contribution in [0.1, 0.15) is 37.0 Å². The summed E-state index contributed by atoms with van der Waals surface area (Å²) in [4.78, 5) is 24.6. The van der Waals surface area contributed by atoms with Crippen LogP contribution in [0.4, 0.5) is 8.78 Å². The predicted molar refractivity (Wildman–Crippen MR) is 97.0 cm³/mol. The number of aliphatic hydroxyl groups excluding tert-OH is 1. The molecule has 1 atom stereocenters. The average molecular weight is 467 g/mol. The van der Waals surface area contributed by atoms with E-state index in [1.54, 1.807) is 29.5 Å². The number of esters is 1. The van der Waals surface area contributed by atoms with Crippen LogP contribution in [0.2, 0.25) is 0 Å². The molecule has 0 saturated heterocycles. The molecule has 1 rings (SSSR count). The van der Waals surface area contributed by atoms with Crippen molar-refractivity contribution >= 4 is 34.3 Å². The van der Waals surface area contributed by atoms with Gasteiger partial charge in [-0.05, 0) is 42.0 Å². The van der Waals surface area contributed by atoms with Crippen LogP contribution in [0, 0.1) is 15.2 Å². The third kappa shape index (κ3) is 6.03. The quantitative estimate of drug-likeness (QED) is 0.111. The Morgan fingerprint density at radius 2 is 2.00 bits per heavy atom. The Balaban J connectivity index is 3.21. The lowest BCUT2D eigenvalue weighted by molar-refractivity contribution is -0.138. The van der Waals surface area contributed by atoms with E-state index in [0.29, 0.717) is 12.5 Å². The Hall–Kier alpha value is -1.55. The molecule has 2 N–H and O–H groups in total. The molecule has 0 aliphatic rings. The fraction of sp³-hybridized carbons (Fsp3) is 0.412. The number of ether oxygens (including phenoxy) is 1. The molecule has 1 unspecified atom stereocenters. The van der Waals surface area contributed by atoms with Crippen molar-refractivity contribution in [3.05, 3.63) is 44.7 Å². The summed E-state index contributed by atoms with van der Waals surface area (Å²) in [6.45, 7) is 3.33. The van der Waals surface area contributed by atoms with Crippen molar-refractivity contribution < 1.29 is 28.2 Å². The number of hydrogen-bond donors (Lipinski definition) is 2. The van der Waals surface area contributed by atoms with Crippen molar-refractivity contribution in [2.45, 2.75) is 32.7 Å². The first-order valence-corrected chi connectivity index (χ1v) is 8.86. The van der Waals surface area contributed by atoms with Crippen molar-refractivity contribution in [1.82, 2.24) is 5.32 Å². The molecule has 0 saturated carbocycles. The van der Waals surface area contributed by atoms with Gasteiger partial charge in [0.15, 0.2) is 0 Å². The first kappa shape index (κ1) is 21.5. The largest absolute Gasteiger partial charge is 0.462 e. The topological polar surface area (TPSA) is 75.6 Å². The fourth-order valence-electron chi connectivity index (χ4n) is 2.04. The van der Waals surface area contributed by atoms with Gasteiger partial charge in [0.05, 0.1) is 18.8 Å². The smallest absolute Gasteiger partial charge is 0.343 e. The first-order chi connectivity index (χ1) is 11.8. The zero-order chi connectivity index (χ0) is 19.0. The summed E-state index contributed by atoms with van der Waals surface area (Å²) in [5.41, 5.74) is -0.847. The Morgan fingerprint density at radius 1 is 1.32 bits per heavy atom. The van der Waals surface area contributed by atoms with Crippen LogP contribution in [0.15, 0.2) is 23.9 Å². The van der Waals surface area contributed by atoms with E-state index in [-0.39, 0.29) is 22.8 Å². The van der Waals surface area contributed by atoms with Crippen molar-refractivity contribution in [2.75, 3.05) is 13.2 Å². The molecule has 0 aliphatic heterocycles. The monoisotopic (exact) mass is 467 g/mol. The van der Waals surface area contributed by atoms with Crippen molar-refractivity contribution in [3.63, 3.8) is 0 Å². The molecule has 0 heterocycles. The maximum absolute atomic E-state index is 14.0. The molecule has 25 heavy (non-hydrogen) atoms. The summed E-state index contributed by atoms with van der Waals surface area (Å²) in [7, 11) is 0. The van der Waals surface area contributed by atoms with Crippen molar-refractivity contribution in [3.8, 4) is 0 Å². The number of carbonyl (C=O) groups excluding carboxylic acids is 2. The maximum atomic E-state index is 14.0. The van der Waals surface area contributed by atoms with Crippen LogP contribution in [0.5, 0.6) is 0 Å². The Kier molecular flexibility index (Phi) is 8.98. The highest BCUT2D eigenvalue weighted by Gasteiger charge is 2.25. The average Bonchev–Trinajstić information content (AvgIpc) is 2.57. The van der Waals surface area contributed by atoms with E-state index in [1.165, 1.54) is 0 Å². The predicted octanol–water partition coefficient (Wildman–Crippen LogP) is 2.95. The number of benzene rings is 1. The van der Waals surface area contributed by atoms with Gasteiger partial charge >= 0.3 is 5.97 Å². The number of Topliss-reactive ketones (excluding diaryl/α,β-unsaturated/α-hetero) is 1. The van der Waals surface area contributed by atoms with Gasteiger partial charge in [0.1, 0.15) is 17.2 Å². The van der Waals surface area contributed by atoms with E-state index >= 15 is 0 Å². The van der Waals surface area contributed by atoms with E-state index in [1.807, 2.05) is 6.92 Å². The second-order valence-electron chi connectivity index (χ2n) is 5.19. The molecule has 0 aromatic heterocycles. The standard InChI is InChI=1S/C17H20F2INO4/c1-3-5-10(9-22)21-8-12(17(24)25-4-2)16(23)11-6-15(20)14(19)7-13(11)18/h6-8,10,21-22H,3-5,9H2,1-2H3. The number of aliphatic hydroxyl groups is 1. The molecule has 0 aliphatic carbocycles. The molecule has 0 bridgehead atoms. The minimum absolute atomic E-state index is 0.0330. The van der Waals surface area contributed by atoms with Crippen LogP contribution in [0.3, 0.4) is 0 Å². The summed E-state index contributed by atoms with van der Waals surface area (Å²) < 4.78 is 32.2. The van der Waals surface area contributed by atoms with Gasteiger partial charge in [0, 0.05) is 21.9 Å². The molecule has 0 spiro atoms. The van der Waals surface area contributed by atoms with Gasteiger partial charge in [-0.15, -0.1) is 0 Å². The summed E-state index contributed by atoms with van der Waals surface area (Å²) >= 11 is 1.63. The van der Waals surface area contributed by atoms with E-state index in [0.717, 1.165) is 18.7 Å². The van der Waals surface area contributed by atoms with Crippen LogP contribution in [0.25, 0.3) is 0 Å². The Labute approximate surface area is 158 Å². The number of hydrogen-bond acceptors (Lipinski definition) is 5. The lowest BCUT2D eigenvalue weighted by Gasteiger charge is -2.15. The van der Waals surface area contributed by atoms with Gasteiger partial charge in [-0.1, -0.05) is 13.3 Å². The third-order valence-electron chi connectivity index (χ3n) is 3.32. The molecular formula is C17H20F2INO4. The zero-order valence-electron chi connectivity index (χ0n) is 13.9. The molecular weight excluding hydrogens is 447 g/mol. The summed E-state index contributed by atoms with van der Waals surface area (Å²) in [6, 6.07) is 1.27. The number of rotatable bonds is 9. The van der Waals surface area contributed by atoms with Crippen molar-refractivity contribution in [2.24, 2.45) is 0 Å². The van der Waals surface area contributed by atoms with Crippen LogP contribution in [-0.4, -0.2) is 36.1 Å². The number of nitrogens with one attached hydrogen (secondary N) is 1.